The largest absolute Gasteiger partial charge is 0.455 e. The van der Waals surface area contributed by atoms with Gasteiger partial charge in [0.15, 0.2) is 5.75 Å². The Labute approximate surface area is 141 Å². The molecule has 0 atom stereocenters. The molecule has 1 aliphatic rings. The van der Waals surface area contributed by atoms with Crippen LogP contribution in [0, 0.1) is 25.6 Å². The summed E-state index contributed by atoms with van der Waals surface area (Å²) in [4.78, 5) is 4.57. The zero-order chi connectivity index (χ0) is 16.7. The van der Waals surface area contributed by atoms with Gasteiger partial charge in [0.2, 0.25) is 0 Å². The topological polar surface area (TPSA) is 27.1 Å². The van der Waals surface area contributed by atoms with Crippen LogP contribution in [0.3, 0.4) is 0 Å². The number of hydrogen-bond acceptors (Lipinski definition) is 2. The number of hydrogen-bond donors (Lipinski definition) is 0. The molecule has 0 saturated heterocycles. The number of nitrogens with zero attached hydrogens (tertiary/aromatic N) is 2. The average molecular weight is 324 g/mol. The van der Waals surface area contributed by atoms with E-state index in [9.17, 15) is 4.39 Å². The van der Waals surface area contributed by atoms with E-state index in [2.05, 4.69) is 23.4 Å². The van der Waals surface area contributed by atoms with E-state index in [1.54, 1.807) is 18.3 Å². The molecule has 0 unspecified atom stereocenters. The Bertz CT molecular complexity index is 879. The van der Waals surface area contributed by atoms with Crippen LogP contribution in [0.2, 0.25) is 0 Å². The van der Waals surface area contributed by atoms with Crippen LogP contribution in [-0.4, -0.2) is 9.55 Å². The first-order valence-corrected chi connectivity index (χ1v) is 8.51. The molecule has 2 aromatic heterocycles. The molecule has 3 nitrogen and oxygen atoms in total. The third kappa shape index (κ3) is 2.56. The monoisotopic (exact) mass is 324 g/mol. The zero-order valence-electron chi connectivity index (χ0n) is 14.1. The molecule has 1 aromatic carbocycles. The fourth-order valence-electron chi connectivity index (χ4n) is 3.39. The van der Waals surface area contributed by atoms with Gasteiger partial charge in [0.25, 0.3) is 0 Å². The molecule has 0 aliphatic heterocycles. The van der Waals surface area contributed by atoms with Gasteiger partial charge in [0, 0.05) is 24.5 Å². The van der Waals surface area contributed by atoms with Gasteiger partial charge in [-0.2, -0.15) is 0 Å². The van der Waals surface area contributed by atoms with Crippen LogP contribution >= 0.6 is 0 Å². The first-order valence-electron chi connectivity index (χ1n) is 8.51. The first-order chi connectivity index (χ1) is 11.6. The smallest absolute Gasteiger partial charge is 0.154 e. The maximum Gasteiger partial charge on any atom is 0.154 e. The van der Waals surface area contributed by atoms with Gasteiger partial charge in [-0.1, -0.05) is 6.42 Å². The molecule has 124 valence electrons. The minimum Gasteiger partial charge on any atom is -0.455 e. The van der Waals surface area contributed by atoms with Crippen LogP contribution in [0.5, 0.6) is 11.5 Å². The maximum absolute atomic E-state index is 13.1. The molecule has 0 N–H and O–H groups in total. The summed E-state index contributed by atoms with van der Waals surface area (Å²) in [5.74, 6) is 1.90. The number of benzene rings is 1. The molecule has 0 spiro atoms. The standard InChI is InChI=1S/C20H21FN2O/c1-13-14(2)23(12-15-4-3-5-15)20-18(10-11-22-19(13)20)24-17-8-6-16(21)7-9-17/h6-11,15H,3-5,12H2,1-2H3. The molecule has 1 fully saturated rings. The van der Waals surface area contributed by atoms with Crippen molar-refractivity contribution in [2.75, 3.05) is 0 Å². The Morgan fingerprint density at radius 3 is 2.58 bits per heavy atom. The molecule has 4 rings (SSSR count). The highest BCUT2D eigenvalue weighted by atomic mass is 19.1. The SMILES string of the molecule is Cc1c(C)n(CC2CCC2)c2c(Oc3ccc(F)cc3)ccnc12. The summed E-state index contributed by atoms with van der Waals surface area (Å²) in [6.45, 7) is 5.28. The summed E-state index contributed by atoms with van der Waals surface area (Å²) in [5.41, 5.74) is 4.49. The van der Waals surface area contributed by atoms with Crippen molar-refractivity contribution in [3.05, 3.63) is 53.6 Å². The quantitative estimate of drug-likeness (QED) is 0.644. The van der Waals surface area contributed by atoms with Gasteiger partial charge in [-0.3, -0.25) is 4.98 Å². The van der Waals surface area contributed by atoms with Gasteiger partial charge in [-0.25, -0.2) is 4.39 Å². The van der Waals surface area contributed by atoms with Crippen LogP contribution in [0.4, 0.5) is 4.39 Å². The summed E-state index contributed by atoms with van der Waals surface area (Å²) < 4.78 is 21.5. The van der Waals surface area contributed by atoms with Gasteiger partial charge >= 0.3 is 0 Å². The zero-order valence-corrected chi connectivity index (χ0v) is 14.1. The molecule has 4 heteroatoms. The predicted octanol–water partition coefficient (Wildman–Crippen LogP) is 5.38. The van der Waals surface area contributed by atoms with Crippen molar-refractivity contribution in [3.63, 3.8) is 0 Å². The van der Waals surface area contributed by atoms with E-state index in [0.29, 0.717) is 5.75 Å². The summed E-state index contributed by atoms with van der Waals surface area (Å²) in [6.07, 6.45) is 5.71. The Balaban J connectivity index is 1.79. The molecule has 0 amide bonds. The second kappa shape index (κ2) is 5.93. The van der Waals surface area contributed by atoms with Gasteiger partial charge in [-0.05, 0) is 62.4 Å². The van der Waals surface area contributed by atoms with Crippen molar-refractivity contribution in [3.8, 4) is 11.5 Å². The van der Waals surface area contributed by atoms with E-state index in [1.807, 2.05) is 6.07 Å². The van der Waals surface area contributed by atoms with Crippen molar-refractivity contribution in [2.45, 2.75) is 39.7 Å². The van der Waals surface area contributed by atoms with E-state index in [4.69, 9.17) is 4.74 Å². The molecule has 24 heavy (non-hydrogen) atoms. The van der Waals surface area contributed by atoms with Crippen molar-refractivity contribution < 1.29 is 9.13 Å². The van der Waals surface area contributed by atoms with E-state index in [1.165, 1.54) is 42.7 Å². The Kier molecular flexibility index (Phi) is 3.75. The van der Waals surface area contributed by atoms with Gasteiger partial charge in [0.1, 0.15) is 17.1 Å². The number of ether oxygens (including phenoxy) is 1. The van der Waals surface area contributed by atoms with Gasteiger partial charge < -0.3 is 9.30 Å². The highest BCUT2D eigenvalue weighted by molar-refractivity contribution is 5.86. The average Bonchev–Trinajstić information content (AvgIpc) is 2.79. The maximum atomic E-state index is 13.1. The fraction of sp³-hybridized carbons (Fsp3) is 0.350. The summed E-state index contributed by atoms with van der Waals surface area (Å²) >= 11 is 0. The van der Waals surface area contributed by atoms with Crippen molar-refractivity contribution >= 4 is 11.0 Å². The van der Waals surface area contributed by atoms with Crippen LogP contribution in [0.25, 0.3) is 11.0 Å². The highest BCUT2D eigenvalue weighted by Crippen LogP contribution is 2.36. The minimum atomic E-state index is -0.262. The van der Waals surface area contributed by atoms with E-state index < -0.39 is 0 Å². The van der Waals surface area contributed by atoms with Crippen LogP contribution in [0.15, 0.2) is 36.5 Å². The number of rotatable bonds is 4. The number of halogens is 1. The second-order valence-electron chi connectivity index (χ2n) is 6.68. The molecule has 2 heterocycles. The Morgan fingerprint density at radius 1 is 1.17 bits per heavy atom. The van der Waals surface area contributed by atoms with Gasteiger partial charge in [0.05, 0.1) is 5.52 Å². The third-order valence-corrected chi connectivity index (χ3v) is 5.17. The predicted molar refractivity (Wildman–Crippen MR) is 93.0 cm³/mol. The van der Waals surface area contributed by atoms with E-state index in [-0.39, 0.29) is 5.82 Å². The van der Waals surface area contributed by atoms with Crippen LogP contribution < -0.4 is 4.74 Å². The van der Waals surface area contributed by atoms with E-state index >= 15 is 0 Å². The van der Waals surface area contributed by atoms with E-state index in [0.717, 1.165) is 29.2 Å². The number of pyridine rings is 1. The summed E-state index contributed by atoms with van der Waals surface area (Å²) in [6, 6.07) is 8.03. The van der Waals surface area contributed by atoms with Crippen molar-refractivity contribution in [2.24, 2.45) is 5.92 Å². The molecule has 3 aromatic rings. The summed E-state index contributed by atoms with van der Waals surface area (Å²) in [7, 11) is 0. The van der Waals surface area contributed by atoms with Crippen LogP contribution in [0.1, 0.15) is 30.5 Å². The second-order valence-corrected chi connectivity index (χ2v) is 6.68. The molecule has 0 radical (unpaired) electrons. The lowest BCUT2D eigenvalue weighted by Crippen LogP contribution is -2.18. The van der Waals surface area contributed by atoms with Gasteiger partial charge in [-0.15, -0.1) is 0 Å². The minimum absolute atomic E-state index is 0.262. The molecular formula is C20H21FN2O. The molecular weight excluding hydrogens is 303 g/mol. The highest BCUT2D eigenvalue weighted by Gasteiger charge is 2.23. The Morgan fingerprint density at radius 2 is 1.92 bits per heavy atom. The Hall–Kier alpha value is -2.36. The molecule has 1 aliphatic carbocycles. The van der Waals surface area contributed by atoms with Crippen molar-refractivity contribution in [1.82, 2.24) is 9.55 Å². The lowest BCUT2D eigenvalue weighted by atomic mass is 9.85. The number of aromatic nitrogens is 2. The molecule has 0 bridgehead atoms. The lowest BCUT2D eigenvalue weighted by molar-refractivity contribution is 0.277. The normalized spacial score (nSPS) is 14.8. The number of aryl methyl sites for hydroxylation is 1. The molecule has 1 saturated carbocycles. The fourth-order valence-corrected chi connectivity index (χ4v) is 3.39. The first kappa shape index (κ1) is 15.2. The van der Waals surface area contributed by atoms with Crippen molar-refractivity contribution in [1.29, 1.82) is 0 Å². The summed E-state index contributed by atoms with van der Waals surface area (Å²) in [5, 5.41) is 0. The lowest BCUT2D eigenvalue weighted by Gasteiger charge is -2.27. The van der Waals surface area contributed by atoms with Crippen LogP contribution in [-0.2, 0) is 6.54 Å². The number of fused-ring (bicyclic) bond motifs is 1. The third-order valence-electron chi connectivity index (χ3n) is 5.17.